The first-order valence-electron chi connectivity index (χ1n) is 7.67. The summed E-state index contributed by atoms with van der Waals surface area (Å²) in [6.45, 7) is 4.95. The van der Waals surface area contributed by atoms with Crippen molar-refractivity contribution in [1.82, 2.24) is 5.32 Å². The minimum atomic E-state index is -4.46. The fourth-order valence-electron chi connectivity index (χ4n) is 2.23. The van der Waals surface area contributed by atoms with E-state index in [9.17, 15) is 22.8 Å². The van der Waals surface area contributed by atoms with Gasteiger partial charge in [0.2, 0.25) is 5.91 Å². The van der Waals surface area contributed by atoms with E-state index in [0.717, 1.165) is 12.1 Å². The van der Waals surface area contributed by atoms with Crippen molar-refractivity contribution < 1.29 is 27.9 Å². The number of halogens is 3. The van der Waals surface area contributed by atoms with Crippen LogP contribution in [0.25, 0.3) is 0 Å². The highest BCUT2D eigenvalue weighted by Gasteiger charge is 2.32. The molecule has 1 amide bonds. The van der Waals surface area contributed by atoms with Crippen LogP contribution < -0.4 is 5.32 Å². The normalized spacial score (nSPS) is 13.4. The molecule has 0 aliphatic carbocycles. The second-order valence-electron chi connectivity index (χ2n) is 6.31. The Morgan fingerprint density at radius 1 is 1.25 bits per heavy atom. The standard InChI is InChI=1S/C17H22F3NO3/c1-4-13(11-6-5-7-12(10-11)17(18,19)20)14(22)21-9-8-16(2,3)15(23)24/h5-7,10,13H,4,8-9H2,1-3H3,(H,21,22)(H,23,24). The van der Waals surface area contributed by atoms with Crippen LogP contribution in [-0.4, -0.2) is 23.5 Å². The van der Waals surface area contributed by atoms with Crippen LogP contribution in [0.5, 0.6) is 0 Å². The molecule has 1 rings (SSSR count). The van der Waals surface area contributed by atoms with Gasteiger partial charge in [0.15, 0.2) is 0 Å². The minimum Gasteiger partial charge on any atom is -0.481 e. The number of benzene rings is 1. The third-order valence-electron chi connectivity index (χ3n) is 3.97. The van der Waals surface area contributed by atoms with Crippen LogP contribution in [-0.2, 0) is 15.8 Å². The number of alkyl halides is 3. The lowest BCUT2D eigenvalue weighted by atomic mass is 9.89. The van der Waals surface area contributed by atoms with E-state index in [4.69, 9.17) is 5.11 Å². The molecular weight excluding hydrogens is 323 g/mol. The summed E-state index contributed by atoms with van der Waals surface area (Å²) in [4.78, 5) is 23.3. The molecule has 4 nitrogen and oxygen atoms in total. The molecule has 1 aromatic rings. The quantitative estimate of drug-likeness (QED) is 0.789. The van der Waals surface area contributed by atoms with Crippen LogP contribution >= 0.6 is 0 Å². The summed E-state index contributed by atoms with van der Waals surface area (Å²) in [6.07, 6.45) is -3.89. The van der Waals surface area contributed by atoms with Gasteiger partial charge in [-0.25, -0.2) is 0 Å². The molecule has 1 atom stereocenters. The number of aliphatic carboxylic acids is 1. The molecular formula is C17H22F3NO3. The number of carboxylic acids is 1. The van der Waals surface area contributed by atoms with Gasteiger partial charge in [-0.1, -0.05) is 25.1 Å². The lowest BCUT2D eigenvalue weighted by molar-refractivity contribution is -0.147. The Hall–Kier alpha value is -2.05. The van der Waals surface area contributed by atoms with E-state index in [1.54, 1.807) is 20.8 Å². The fraction of sp³-hybridized carbons (Fsp3) is 0.529. The summed E-state index contributed by atoms with van der Waals surface area (Å²) in [5.41, 5.74) is -1.48. The molecule has 0 heterocycles. The first-order chi connectivity index (χ1) is 11.0. The number of carbonyl (C=O) groups is 2. The van der Waals surface area contributed by atoms with Crippen molar-refractivity contribution in [2.75, 3.05) is 6.54 Å². The van der Waals surface area contributed by atoms with E-state index in [1.165, 1.54) is 12.1 Å². The molecule has 134 valence electrons. The Kier molecular flexibility index (Phi) is 6.40. The molecule has 0 aromatic heterocycles. The summed E-state index contributed by atoms with van der Waals surface area (Å²) >= 11 is 0. The van der Waals surface area contributed by atoms with Crippen LogP contribution in [0.1, 0.15) is 50.7 Å². The lowest BCUT2D eigenvalue weighted by Gasteiger charge is -2.21. The highest BCUT2D eigenvalue weighted by Crippen LogP contribution is 2.32. The number of hydrogen-bond donors (Lipinski definition) is 2. The van der Waals surface area contributed by atoms with E-state index >= 15 is 0 Å². The average Bonchev–Trinajstić information content (AvgIpc) is 2.47. The maximum Gasteiger partial charge on any atom is 0.416 e. The fourth-order valence-corrected chi connectivity index (χ4v) is 2.23. The van der Waals surface area contributed by atoms with Gasteiger partial charge >= 0.3 is 12.1 Å². The molecule has 0 saturated carbocycles. The molecule has 0 aliphatic rings. The maximum absolute atomic E-state index is 12.8. The highest BCUT2D eigenvalue weighted by atomic mass is 19.4. The van der Waals surface area contributed by atoms with E-state index in [0.29, 0.717) is 12.0 Å². The van der Waals surface area contributed by atoms with Gasteiger partial charge in [-0.2, -0.15) is 13.2 Å². The number of carbonyl (C=O) groups excluding carboxylic acids is 1. The third kappa shape index (κ3) is 5.25. The van der Waals surface area contributed by atoms with Crippen LogP contribution in [0.2, 0.25) is 0 Å². The highest BCUT2D eigenvalue weighted by molar-refractivity contribution is 5.83. The maximum atomic E-state index is 12.8. The molecule has 0 aliphatic heterocycles. The monoisotopic (exact) mass is 345 g/mol. The zero-order valence-electron chi connectivity index (χ0n) is 13.9. The molecule has 2 N–H and O–H groups in total. The summed E-state index contributed by atoms with van der Waals surface area (Å²) in [7, 11) is 0. The van der Waals surface area contributed by atoms with Gasteiger partial charge in [-0.3, -0.25) is 9.59 Å². The Balaban J connectivity index is 2.79. The van der Waals surface area contributed by atoms with Crippen molar-refractivity contribution in [2.24, 2.45) is 5.41 Å². The smallest absolute Gasteiger partial charge is 0.416 e. The van der Waals surface area contributed by atoms with Crippen LogP contribution in [0.4, 0.5) is 13.2 Å². The topological polar surface area (TPSA) is 66.4 Å². The Morgan fingerprint density at radius 2 is 1.88 bits per heavy atom. The summed E-state index contributed by atoms with van der Waals surface area (Å²) in [5.74, 6) is -2.08. The number of hydrogen-bond acceptors (Lipinski definition) is 2. The van der Waals surface area contributed by atoms with E-state index in [-0.39, 0.29) is 13.0 Å². The van der Waals surface area contributed by atoms with Gasteiger partial charge in [0.1, 0.15) is 0 Å². The number of amides is 1. The zero-order valence-corrected chi connectivity index (χ0v) is 13.9. The first-order valence-corrected chi connectivity index (χ1v) is 7.67. The van der Waals surface area contributed by atoms with Crippen LogP contribution in [0.3, 0.4) is 0 Å². The van der Waals surface area contributed by atoms with Crippen molar-refractivity contribution in [3.8, 4) is 0 Å². The Labute approximate surface area is 139 Å². The second-order valence-corrected chi connectivity index (χ2v) is 6.31. The largest absolute Gasteiger partial charge is 0.481 e. The van der Waals surface area contributed by atoms with Crippen LogP contribution in [0.15, 0.2) is 24.3 Å². The Bertz CT molecular complexity index is 597. The second kappa shape index (κ2) is 7.68. The van der Waals surface area contributed by atoms with Gasteiger partial charge in [-0.15, -0.1) is 0 Å². The SMILES string of the molecule is CCC(C(=O)NCCC(C)(C)C(=O)O)c1cccc(C(F)(F)F)c1. The molecule has 0 fully saturated rings. The predicted octanol–water partition coefficient (Wildman–Crippen LogP) is 3.82. The number of rotatable bonds is 7. The predicted molar refractivity (Wildman–Crippen MR) is 83.5 cm³/mol. The van der Waals surface area contributed by atoms with Crippen LogP contribution in [0, 0.1) is 5.41 Å². The molecule has 0 spiro atoms. The van der Waals surface area contributed by atoms with Gasteiger partial charge in [0, 0.05) is 6.54 Å². The number of carboxylic acid groups (broad SMARTS) is 1. The molecule has 0 radical (unpaired) electrons. The van der Waals surface area contributed by atoms with Crippen molar-refractivity contribution in [2.45, 2.75) is 45.7 Å². The molecule has 0 saturated heterocycles. The molecule has 1 aromatic carbocycles. The van der Waals surface area contributed by atoms with Gasteiger partial charge < -0.3 is 10.4 Å². The average molecular weight is 345 g/mol. The molecule has 7 heteroatoms. The van der Waals surface area contributed by atoms with E-state index in [1.807, 2.05) is 0 Å². The van der Waals surface area contributed by atoms with Crippen molar-refractivity contribution in [3.05, 3.63) is 35.4 Å². The Morgan fingerprint density at radius 3 is 2.38 bits per heavy atom. The van der Waals surface area contributed by atoms with E-state index < -0.39 is 34.9 Å². The van der Waals surface area contributed by atoms with E-state index in [2.05, 4.69) is 5.32 Å². The van der Waals surface area contributed by atoms with Crippen molar-refractivity contribution >= 4 is 11.9 Å². The molecule has 0 bridgehead atoms. The summed E-state index contributed by atoms with van der Waals surface area (Å²) in [6, 6.07) is 4.71. The van der Waals surface area contributed by atoms with Gasteiger partial charge in [-0.05, 0) is 38.3 Å². The van der Waals surface area contributed by atoms with Gasteiger partial charge in [0.05, 0.1) is 16.9 Å². The number of nitrogens with one attached hydrogen (secondary N) is 1. The lowest BCUT2D eigenvalue weighted by Crippen LogP contribution is -2.34. The summed E-state index contributed by atoms with van der Waals surface area (Å²) < 4.78 is 38.4. The third-order valence-corrected chi connectivity index (χ3v) is 3.97. The molecule has 24 heavy (non-hydrogen) atoms. The first kappa shape index (κ1) is 20.0. The summed E-state index contributed by atoms with van der Waals surface area (Å²) in [5, 5.41) is 11.6. The van der Waals surface area contributed by atoms with Gasteiger partial charge in [0.25, 0.3) is 0 Å². The zero-order chi connectivity index (χ0) is 18.5. The molecule has 1 unspecified atom stereocenters. The minimum absolute atomic E-state index is 0.146. The van der Waals surface area contributed by atoms with Crippen molar-refractivity contribution in [3.63, 3.8) is 0 Å². The van der Waals surface area contributed by atoms with Crippen molar-refractivity contribution in [1.29, 1.82) is 0 Å².